The van der Waals surface area contributed by atoms with Gasteiger partial charge in [0.1, 0.15) is 16.5 Å². The molecule has 0 aliphatic heterocycles. The molecule has 0 bridgehead atoms. The lowest BCUT2D eigenvalue weighted by Crippen LogP contribution is -2.10. The van der Waals surface area contributed by atoms with Gasteiger partial charge in [-0.2, -0.15) is 8.42 Å². The third-order valence-electron chi connectivity index (χ3n) is 2.53. The van der Waals surface area contributed by atoms with Crippen molar-refractivity contribution >= 4 is 10.1 Å². The van der Waals surface area contributed by atoms with E-state index in [0.717, 1.165) is 11.6 Å². The molecule has 3 nitrogen and oxygen atoms in total. The second-order valence-electron chi connectivity index (χ2n) is 4.31. The minimum absolute atomic E-state index is 0.0296. The summed E-state index contributed by atoms with van der Waals surface area (Å²) >= 11 is 0. The first-order valence-corrected chi connectivity index (χ1v) is 7.06. The highest BCUT2D eigenvalue weighted by molar-refractivity contribution is 7.87. The van der Waals surface area contributed by atoms with Crippen LogP contribution in [0.2, 0.25) is 0 Å². The lowest BCUT2D eigenvalue weighted by atomic mass is 10.2. The van der Waals surface area contributed by atoms with Gasteiger partial charge in [0.05, 0.1) is 0 Å². The molecule has 0 saturated heterocycles. The van der Waals surface area contributed by atoms with Gasteiger partial charge < -0.3 is 4.18 Å². The van der Waals surface area contributed by atoms with Crippen LogP contribution in [0.25, 0.3) is 0 Å². The normalized spacial score (nSPS) is 11.3. The average Bonchev–Trinajstić information content (AvgIpc) is 2.27. The van der Waals surface area contributed by atoms with Crippen LogP contribution in [-0.4, -0.2) is 8.42 Å². The quantitative estimate of drug-likeness (QED) is 0.811. The Kier molecular flexibility index (Phi) is 3.57. The van der Waals surface area contributed by atoms with Crippen LogP contribution in [-0.2, 0) is 10.1 Å². The maximum Gasteiger partial charge on any atom is 0.339 e. The van der Waals surface area contributed by atoms with E-state index < -0.39 is 15.9 Å². The number of benzene rings is 2. The molecule has 2 aromatic carbocycles. The highest BCUT2D eigenvalue weighted by Crippen LogP contribution is 2.21. The van der Waals surface area contributed by atoms with E-state index >= 15 is 0 Å². The summed E-state index contributed by atoms with van der Waals surface area (Å²) in [6.45, 7) is 3.52. The van der Waals surface area contributed by atoms with E-state index in [1.165, 1.54) is 24.3 Å². The van der Waals surface area contributed by atoms with Crippen LogP contribution in [0.15, 0.2) is 47.4 Å². The zero-order valence-corrected chi connectivity index (χ0v) is 11.4. The van der Waals surface area contributed by atoms with Crippen molar-refractivity contribution < 1.29 is 17.0 Å². The lowest BCUT2D eigenvalue weighted by molar-refractivity contribution is 0.483. The fraction of sp³-hybridized carbons (Fsp3) is 0.143. The van der Waals surface area contributed by atoms with Crippen LogP contribution in [0.1, 0.15) is 11.1 Å². The first-order chi connectivity index (χ1) is 8.87. The summed E-state index contributed by atoms with van der Waals surface area (Å²) in [6.07, 6.45) is 0. The van der Waals surface area contributed by atoms with E-state index in [0.29, 0.717) is 5.56 Å². The van der Waals surface area contributed by atoms with Gasteiger partial charge >= 0.3 is 10.1 Å². The van der Waals surface area contributed by atoms with Crippen LogP contribution in [0.5, 0.6) is 5.75 Å². The molecule has 0 saturated carbocycles. The Bertz CT molecular complexity index is 671. The molecule has 2 rings (SSSR count). The van der Waals surface area contributed by atoms with Crippen molar-refractivity contribution in [3.8, 4) is 5.75 Å². The van der Waals surface area contributed by atoms with Gasteiger partial charge in [-0.05, 0) is 43.7 Å². The number of hydrogen-bond donors (Lipinski definition) is 0. The van der Waals surface area contributed by atoms with Gasteiger partial charge in [0.15, 0.2) is 0 Å². The number of aryl methyl sites for hydroxylation is 2. The highest BCUT2D eigenvalue weighted by atomic mass is 32.2. The lowest BCUT2D eigenvalue weighted by Gasteiger charge is -2.08. The van der Waals surface area contributed by atoms with Crippen LogP contribution >= 0.6 is 0 Å². The van der Waals surface area contributed by atoms with E-state index in [9.17, 15) is 12.8 Å². The number of halogens is 1. The van der Waals surface area contributed by atoms with E-state index in [4.69, 9.17) is 4.18 Å². The van der Waals surface area contributed by atoms with Gasteiger partial charge in [-0.1, -0.05) is 17.7 Å². The smallest absolute Gasteiger partial charge is 0.339 e. The first kappa shape index (κ1) is 13.5. The second-order valence-corrected chi connectivity index (χ2v) is 5.86. The minimum atomic E-state index is -3.93. The summed E-state index contributed by atoms with van der Waals surface area (Å²) < 4.78 is 42.1. The third kappa shape index (κ3) is 3.32. The van der Waals surface area contributed by atoms with Crippen molar-refractivity contribution in [1.82, 2.24) is 0 Å². The predicted octanol–water partition coefficient (Wildman–Crippen LogP) is 3.21. The molecule has 19 heavy (non-hydrogen) atoms. The Morgan fingerprint density at radius 1 is 0.947 bits per heavy atom. The summed E-state index contributed by atoms with van der Waals surface area (Å²) in [5.74, 6) is -0.563. The molecule has 0 unspecified atom stereocenters. The van der Waals surface area contributed by atoms with Gasteiger partial charge in [0.2, 0.25) is 0 Å². The molecule has 0 heterocycles. The zero-order chi connectivity index (χ0) is 14.0. The molecule has 2 aromatic rings. The van der Waals surface area contributed by atoms with E-state index in [1.54, 1.807) is 19.1 Å². The predicted molar refractivity (Wildman–Crippen MR) is 70.1 cm³/mol. The first-order valence-electron chi connectivity index (χ1n) is 5.65. The Labute approximate surface area is 111 Å². The van der Waals surface area contributed by atoms with Crippen molar-refractivity contribution in [2.45, 2.75) is 18.7 Å². The van der Waals surface area contributed by atoms with Crippen LogP contribution < -0.4 is 4.18 Å². The van der Waals surface area contributed by atoms with Crippen LogP contribution in [0.4, 0.5) is 4.39 Å². The highest BCUT2D eigenvalue weighted by Gasteiger charge is 2.16. The monoisotopic (exact) mass is 280 g/mol. The van der Waals surface area contributed by atoms with Gasteiger partial charge in [0.25, 0.3) is 0 Å². The largest absolute Gasteiger partial charge is 0.379 e. The molecule has 0 aliphatic rings. The van der Waals surface area contributed by atoms with Gasteiger partial charge in [0, 0.05) is 6.07 Å². The van der Waals surface area contributed by atoms with Crippen molar-refractivity contribution in [2.75, 3.05) is 0 Å². The molecule has 0 aromatic heterocycles. The van der Waals surface area contributed by atoms with Crippen molar-refractivity contribution in [3.05, 3.63) is 59.4 Å². The molecule has 0 atom stereocenters. The Morgan fingerprint density at radius 2 is 1.58 bits per heavy atom. The fourth-order valence-electron chi connectivity index (χ4n) is 1.63. The molecular weight excluding hydrogens is 267 g/mol. The second kappa shape index (κ2) is 5.01. The molecule has 100 valence electrons. The van der Waals surface area contributed by atoms with Gasteiger partial charge in [-0.3, -0.25) is 0 Å². The molecule has 0 spiro atoms. The van der Waals surface area contributed by atoms with E-state index in [-0.39, 0.29) is 10.6 Å². The summed E-state index contributed by atoms with van der Waals surface area (Å²) in [5, 5.41) is 0. The SMILES string of the molecule is Cc1ccc(S(=O)(=O)Oc2cc(C)cc(F)c2)cc1. The standard InChI is InChI=1S/C14H13FO3S/c1-10-3-5-14(6-4-10)19(16,17)18-13-8-11(2)7-12(15)9-13/h3-9H,1-2H3. The summed E-state index contributed by atoms with van der Waals surface area (Å²) in [4.78, 5) is 0.0417. The molecule has 0 amide bonds. The van der Waals surface area contributed by atoms with E-state index in [2.05, 4.69) is 0 Å². The maximum absolute atomic E-state index is 13.2. The minimum Gasteiger partial charge on any atom is -0.379 e. The maximum atomic E-state index is 13.2. The number of rotatable bonds is 3. The van der Waals surface area contributed by atoms with Crippen LogP contribution in [0.3, 0.4) is 0 Å². The molecule has 5 heteroatoms. The van der Waals surface area contributed by atoms with Gasteiger partial charge in [-0.25, -0.2) is 4.39 Å². The fourth-order valence-corrected chi connectivity index (χ4v) is 2.55. The molecule has 0 aliphatic carbocycles. The third-order valence-corrected chi connectivity index (χ3v) is 3.79. The van der Waals surface area contributed by atoms with E-state index in [1.807, 2.05) is 6.92 Å². The average molecular weight is 280 g/mol. The molecule has 0 N–H and O–H groups in total. The van der Waals surface area contributed by atoms with Crippen LogP contribution in [0, 0.1) is 19.7 Å². The summed E-state index contributed by atoms with van der Waals surface area (Å²) in [6, 6.07) is 10.1. The number of hydrogen-bond acceptors (Lipinski definition) is 3. The topological polar surface area (TPSA) is 43.4 Å². The van der Waals surface area contributed by atoms with Crippen molar-refractivity contribution in [2.24, 2.45) is 0 Å². The Morgan fingerprint density at radius 3 is 2.16 bits per heavy atom. The molecule has 0 fully saturated rings. The van der Waals surface area contributed by atoms with Crippen molar-refractivity contribution in [1.29, 1.82) is 0 Å². The molecule has 0 radical (unpaired) electrons. The Balaban J connectivity index is 2.33. The molecular formula is C14H13FO3S. The van der Waals surface area contributed by atoms with Gasteiger partial charge in [-0.15, -0.1) is 0 Å². The zero-order valence-electron chi connectivity index (χ0n) is 10.6. The summed E-state index contributed by atoms with van der Waals surface area (Å²) in [5.41, 5.74) is 1.54. The Hall–Kier alpha value is -1.88. The van der Waals surface area contributed by atoms with Crippen molar-refractivity contribution in [3.63, 3.8) is 0 Å². The summed E-state index contributed by atoms with van der Waals surface area (Å²) in [7, 11) is -3.93.